The summed E-state index contributed by atoms with van der Waals surface area (Å²) < 4.78 is 13.3. The van der Waals surface area contributed by atoms with Crippen LogP contribution in [0, 0.1) is 41.5 Å². The summed E-state index contributed by atoms with van der Waals surface area (Å²) in [4.78, 5) is 25.0. The van der Waals surface area contributed by atoms with Crippen molar-refractivity contribution in [3.8, 4) is 23.0 Å². The fraction of sp³-hybridized carbons (Fsp3) is 0.474. The van der Waals surface area contributed by atoms with Crippen molar-refractivity contribution in [3.05, 3.63) is 78.9 Å². The zero-order valence-corrected chi connectivity index (χ0v) is 28.2. The second kappa shape index (κ2) is 11.9. The first-order valence-electron chi connectivity index (χ1n) is 16.1. The third kappa shape index (κ3) is 5.67. The highest BCUT2D eigenvalue weighted by Gasteiger charge is 2.37. The number of phenols is 2. The Kier molecular flexibility index (Phi) is 8.56. The molecule has 3 aromatic rings. The number of hydrogen-bond donors (Lipinski definition) is 4. The summed E-state index contributed by atoms with van der Waals surface area (Å²) in [6.07, 6.45) is 4.43. The van der Waals surface area contributed by atoms with Gasteiger partial charge in [0.25, 0.3) is 0 Å². The summed E-state index contributed by atoms with van der Waals surface area (Å²) >= 11 is 0. The number of aromatic hydroxyl groups is 2. The Bertz CT molecular complexity index is 1640. The average molecular weight is 631 g/mol. The minimum atomic E-state index is -1.10. The number of hydrogen-bond acceptors (Lipinski definition) is 6. The van der Waals surface area contributed by atoms with Gasteiger partial charge in [0.15, 0.2) is 0 Å². The van der Waals surface area contributed by atoms with Crippen LogP contribution in [0.2, 0.25) is 0 Å². The van der Waals surface area contributed by atoms with Crippen LogP contribution in [-0.4, -0.2) is 43.6 Å². The van der Waals surface area contributed by atoms with Crippen LogP contribution < -0.4 is 9.47 Å². The third-order valence-electron chi connectivity index (χ3n) is 10.9. The Labute approximate surface area is 271 Å². The van der Waals surface area contributed by atoms with Gasteiger partial charge in [-0.15, -0.1) is 0 Å². The van der Waals surface area contributed by atoms with Crippen molar-refractivity contribution in [2.75, 3.05) is 0 Å². The molecule has 2 aliphatic rings. The second-order valence-electron chi connectivity index (χ2n) is 13.9. The molecular formula is C38H46O8. The van der Waals surface area contributed by atoms with Crippen LogP contribution in [0.5, 0.6) is 23.0 Å². The van der Waals surface area contributed by atoms with Gasteiger partial charge >= 0.3 is 11.9 Å². The molecule has 5 rings (SSSR count). The van der Waals surface area contributed by atoms with Gasteiger partial charge in [0.05, 0.1) is 11.1 Å². The van der Waals surface area contributed by atoms with Crippen LogP contribution >= 0.6 is 0 Å². The lowest BCUT2D eigenvalue weighted by molar-refractivity contribution is 0.0530. The second-order valence-corrected chi connectivity index (χ2v) is 13.9. The monoisotopic (exact) mass is 630 g/mol. The van der Waals surface area contributed by atoms with Crippen molar-refractivity contribution < 1.29 is 39.5 Å². The summed E-state index contributed by atoms with van der Waals surface area (Å²) in [7, 11) is 0. The maximum atomic E-state index is 12.5. The lowest BCUT2D eigenvalue weighted by Gasteiger charge is -2.39. The minimum Gasteiger partial charge on any atom is -0.507 e. The molecule has 3 aromatic carbocycles. The number of carboxylic acids is 2. The van der Waals surface area contributed by atoms with Gasteiger partial charge in [-0.05, 0) is 163 Å². The first kappa shape index (κ1) is 33.2. The maximum absolute atomic E-state index is 12.5. The average Bonchev–Trinajstić information content (AvgIpc) is 3.02. The quantitative estimate of drug-likeness (QED) is 0.198. The van der Waals surface area contributed by atoms with E-state index in [2.05, 4.69) is 0 Å². The third-order valence-corrected chi connectivity index (χ3v) is 10.9. The van der Waals surface area contributed by atoms with E-state index in [1.807, 2.05) is 55.4 Å². The molecule has 0 amide bonds. The predicted octanol–water partition coefficient (Wildman–Crippen LogP) is 7.78. The SMILES string of the molecule is Cc1c(C)c2c(c(C)c1O)CCC(C)(CCc1c(C(=O)O)ccc(C(=O)O)c1CCC1(C)CCc3c(C)c(O)c(C)c(C)c3O1)O2. The number of fused-ring (bicyclic) bond motifs is 2. The van der Waals surface area contributed by atoms with Crippen LogP contribution in [0.3, 0.4) is 0 Å². The van der Waals surface area contributed by atoms with Crippen LogP contribution in [0.4, 0.5) is 0 Å². The predicted molar refractivity (Wildman–Crippen MR) is 176 cm³/mol. The first-order valence-corrected chi connectivity index (χ1v) is 16.1. The summed E-state index contributed by atoms with van der Waals surface area (Å²) in [6, 6.07) is 2.81. The van der Waals surface area contributed by atoms with Gasteiger partial charge in [-0.2, -0.15) is 0 Å². The molecule has 46 heavy (non-hydrogen) atoms. The fourth-order valence-corrected chi connectivity index (χ4v) is 7.39. The van der Waals surface area contributed by atoms with Gasteiger partial charge in [-0.25, -0.2) is 9.59 Å². The van der Waals surface area contributed by atoms with Crippen LogP contribution in [0.25, 0.3) is 0 Å². The number of ether oxygens (including phenoxy) is 2. The van der Waals surface area contributed by atoms with Crippen LogP contribution in [0.1, 0.15) is 116 Å². The number of aromatic carboxylic acids is 2. The Morgan fingerprint density at radius 2 is 0.978 bits per heavy atom. The highest BCUT2D eigenvalue weighted by Crippen LogP contribution is 2.46. The Morgan fingerprint density at radius 3 is 1.30 bits per heavy atom. The largest absolute Gasteiger partial charge is 0.507 e. The zero-order valence-electron chi connectivity index (χ0n) is 28.2. The molecule has 2 heterocycles. The van der Waals surface area contributed by atoms with Crippen LogP contribution in [-0.2, 0) is 25.7 Å². The molecule has 8 nitrogen and oxygen atoms in total. The standard InChI is InChI=1S/C38H46O8/c1-19-21(3)33-25(23(5)31(19)39)11-15-37(7,45-33)17-13-27-28(30(36(43)44)10-9-29(27)35(41)42)14-18-38(8)16-12-26-24(6)32(40)20(2)22(4)34(26)46-38/h9-10,39-40H,11-18H2,1-8H3,(H,41,42)(H,43,44). The summed E-state index contributed by atoms with van der Waals surface area (Å²) in [5, 5.41) is 41.6. The lowest BCUT2D eigenvalue weighted by atomic mass is 9.80. The normalized spacial score (nSPS) is 20.3. The first-order chi connectivity index (χ1) is 21.5. The van der Waals surface area contributed by atoms with Crippen LogP contribution in [0.15, 0.2) is 12.1 Å². The fourth-order valence-electron chi connectivity index (χ4n) is 7.39. The van der Waals surface area contributed by atoms with E-state index in [-0.39, 0.29) is 11.1 Å². The van der Waals surface area contributed by atoms with E-state index in [1.165, 1.54) is 12.1 Å². The number of rotatable bonds is 8. The molecule has 0 aromatic heterocycles. The number of carboxylic acid groups (broad SMARTS) is 2. The topological polar surface area (TPSA) is 134 Å². The molecule has 246 valence electrons. The Hall–Kier alpha value is -4.20. The molecule has 4 N–H and O–H groups in total. The van der Waals surface area contributed by atoms with E-state index >= 15 is 0 Å². The highest BCUT2D eigenvalue weighted by molar-refractivity contribution is 5.95. The molecular weight excluding hydrogens is 584 g/mol. The van der Waals surface area contributed by atoms with Gasteiger partial charge in [-0.1, -0.05) is 0 Å². The number of benzene rings is 3. The van der Waals surface area contributed by atoms with Crippen molar-refractivity contribution in [3.63, 3.8) is 0 Å². The maximum Gasteiger partial charge on any atom is 0.335 e. The highest BCUT2D eigenvalue weighted by atomic mass is 16.5. The van der Waals surface area contributed by atoms with E-state index in [1.54, 1.807) is 0 Å². The number of phenolic OH excluding ortho intramolecular Hbond substituents is 2. The molecule has 2 unspecified atom stereocenters. The molecule has 2 aliphatic heterocycles. The van der Waals surface area contributed by atoms with Gasteiger partial charge in [0.2, 0.25) is 0 Å². The van der Waals surface area contributed by atoms with Gasteiger partial charge in [-0.3, -0.25) is 0 Å². The molecule has 0 fully saturated rings. The van der Waals surface area contributed by atoms with E-state index in [9.17, 15) is 30.0 Å². The molecule has 0 spiro atoms. The zero-order chi connectivity index (χ0) is 33.9. The lowest BCUT2D eigenvalue weighted by Crippen LogP contribution is -2.38. The Balaban J connectivity index is 1.46. The Morgan fingerprint density at radius 1 is 0.630 bits per heavy atom. The molecule has 0 saturated heterocycles. The molecule has 0 saturated carbocycles. The van der Waals surface area contributed by atoms with Crippen molar-refractivity contribution in [1.82, 2.24) is 0 Å². The molecule has 8 heteroatoms. The van der Waals surface area contributed by atoms with E-state index in [0.717, 1.165) is 56.0 Å². The smallest absolute Gasteiger partial charge is 0.335 e. The van der Waals surface area contributed by atoms with Gasteiger partial charge in [0.1, 0.15) is 34.2 Å². The van der Waals surface area contributed by atoms with Crippen molar-refractivity contribution in [1.29, 1.82) is 0 Å². The molecule has 0 bridgehead atoms. The summed E-state index contributed by atoms with van der Waals surface area (Å²) in [5.74, 6) is -0.0557. The molecule has 0 aliphatic carbocycles. The van der Waals surface area contributed by atoms with Gasteiger partial charge in [0, 0.05) is 11.1 Å². The summed E-state index contributed by atoms with van der Waals surface area (Å²) in [6.45, 7) is 15.5. The molecule has 0 radical (unpaired) electrons. The molecule has 2 atom stereocenters. The van der Waals surface area contributed by atoms with E-state index < -0.39 is 23.1 Å². The van der Waals surface area contributed by atoms with Crippen molar-refractivity contribution in [2.45, 2.75) is 118 Å². The summed E-state index contributed by atoms with van der Waals surface area (Å²) in [5.41, 5.74) is 7.00. The number of carbonyl (C=O) groups is 2. The minimum absolute atomic E-state index is 0.102. The van der Waals surface area contributed by atoms with Gasteiger partial charge < -0.3 is 29.9 Å². The van der Waals surface area contributed by atoms with Crippen molar-refractivity contribution in [2.24, 2.45) is 0 Å². The van der Waals surface area contributed by atoms with E-state index in [0.29, 0.717) is 74.0 Å². The van der Waals surface area contributed by atoms with E-state index in [4.69, 9.17) is 9.47 Å². The van der Waals surface area contributed by atoms with Crippen molar-refractivity contribution >= 4 is 11.9 Å².